The average Bonchev–Trinajstić information content (AvgIpc) is 2.35. The molecule has 0 bridgehead atoms. The van der Waals surface area contributed by atoms with Crippen molar-refractivity contribution in [1.29, 1.82) is 0 Å². The van der Waals surface area contributed by atoms with Crippen molar-refractivity contribution in [2.75, 3.05) is 26.4 Å². The summed E-state index contributed by atoms with van der Waals surface area (Å²) in [7, 11) is 0.254. The number of hydrogen-bond acceptors (Lipinski definition) is 4. The van der Waals surface area contributed by atoms with Crippen LogP contribution in [-0.2, 0) is 10.0 Å². The predicted molar refractivity (Wildman–Crippen MR) is 86.7 cm³/mol. The van der Waals surface area contributed by atoms with Gasteiger partial charge in [-0.05, 0) is 44.6 Å². The second kappa shape index (κ2) is 6.01. The summed E-state index contributed by atoms with van der Waals surface area (Å²) < 4.78 is 27.8. The first-order chi connectivity index (χ1) is 9.79. The van der Waals surface area contributed by atoms with E-state index in [9.17, 15) is 8.42 Å². The molecular formula is C15H21N3O2S. The monoisotopic (exact) mass is 307 g/mol. The number of nitrogen functional groups attached to an aromatic ring is 1. The molecule has 0 aromatic heterocycles. The van der Waals surface area contributed by atoms with E-state index in [0.717, 1.165) is 5.39 Å². The number of rotatable bonds is 5. The molecule has 0 aliphatic carbocycles. The van der Waals surface area contributed by atoms with Crippen LogP contribution in [-0.4, -0.2) is 40.0 Å². The van der Waals surface area contributed by atoms with E-state index < -0.39 is 10.0 Å². The Kier molecular flexibility index (Phi) is 4.51. The third-order valence-corrected chi connectivity index (χ3v) is 4.80. The summed E-state index contributed by atoms with van der Waals surface area (Å²) in [6.07, 6.45) is 0. The third-order valence-electron chi connectivity index (χ3n) is 3.15. The Labute approximate surface area is 125 Å². The predicted octanol–water partition coefficient (Wildman–Crippen LogP) is 1.65. The molecule has 0 heterocycles. The first-order valence-corrected chi connectivity index (χ1v) is 8.23. The molecule has 3 N–H and O–H groups in total. The lowest BCUT2D eigenvalue weighted by Crippen LogP contribution is -2.39. The van der Waals surface area contributed by atoms with E-state index in [1.165, 1.54) is 0 Å². The van der Waals surface area contributed by atoms with Crippen LogP contribution in [0.5, 0.6) is 0 Å². The van der Waals surface area contributed by atoms with Crippen molar-refractivity contribution in [3.63, 3.8) is 0 Å². The summed E-state index contributed by atoms with van der Waals surface area (Å²) in [5.74, 6) is 0. The van der Waals surface area contributed by atoms with Gasteiger partial charge in [0.15, 0.2) is 0 Å². The van der Waals surface area contributed by atoms with Gasteiger partial charge in [-0.3, -0.25) is 0 Å². The van der Waals surface area contributed by atoms with Gasteiger partial charge in [0.25, 0.3) is 0 Å². The summed E-state index contributed by atoms with van der Waals surface area (Å²) in [6, 6.07) is 10.3. The molecule has 114 valence electrons. The first kappa shape index (κ1) is 15.8. The first-order valence-electron chi connectivity index (χ1n) is 6.75. The third kappa shape index (κ3) is 3.72. The van der Waals surface area contributed by atoms with Gasteiger partial charge in [0.2, 0.25) is 10.0 Å². The number of nitrogens with zero attached hydrogens (tertiary/aromatic N) is 1. The highest BCUT2D eigenvalue weighted by atomic mass is 32.2. The highest BCUT2D eigenvalue weighted by Crippen LogP contribution is 2.24. The molecule has 2 rings (SSSR count). The number of anilines is 1. The summed E-state index contributed by atoms with van der Waals surface area (Å²) in [6.45, 7) is 2.48. The maximum absolute atomic E-state index is 12.6. The van der Waals surface area contributed by atoms with Crippen LogP contribution in [0, 0.1) is 0 Å². The molecule has 0 spiro atoms. The molecule has 2 aromatic carbocycles. The van der Waals surface area contributed by atoms with Gasteiger partial charge in [-0.25, -0.2) is 13.1 Å². The highest BCUT2D eigenvalue weighted by Gasteiger charge is 2.20. The van der Waals surface area contributed by atoms with Crippen LogP contribution in [0.3, 0.4) is 0 Å². The molecule has 0 amide bonds. The van der Waals surface area contributed by atoms with Gasteiger partial charge in [0, 0.05) is 23.7 Å². The Hall–Kier alpha value is -1.63. The second-order valence-electron chi connectivity index (χ2n) is 5.52. The van der Waals surface area contributed by atoms with Crippen LogP contribution in [0.4, 0.5) is 5.69 Å². The molecule has 0 radical (unpaired) electrons. The lowest BCUT2D eigenvalue weighted by molar-refractivity contribution is 0.370. The largest absolute Gasteiger partial charge is 0.399 e. The second-order valence-corrected chi connectivity index (χ2v) is 7.20. The lowest BCUT2D eigenvalue weighted by atomic mass is 10.1. The van der Waals surface area contributed by atoms with Crippen LogP contribution >= 0.6 is 0 Å². The van der Waals surface area contributed by atoms with Crippen molar-refractivity contribution < 1.29 is 8.42 Å². The van der Waals surface area contributed by atoms with E-state index in [-0.39, 0.29) is 10.9 Å². The Morgan fingerprint density at radius 3 is 2.62 bits per heavy atom. The molecule has 0 fully saturated rings. The van der Waals surface area contributed by atoms with Crippen LogP contribution in [0.2, 0.25) is 0 Å². The van der Waals surface area contributed by atoms with E-state index >= 15 is 0 Å². The quantitative estimate of drug-likeness (QED) is 0.824. The van der Waals surface area contributed by atoms with Crippen molar-refractivity contribution >= 4 is 26.5 Å². The number of fused-ring (bicyclic) bond motifs is 1. The van der Waals surface area contributed by atoms with E-state index in [1.807, 2.05) is 32.0 Å². The molecule has 21 heavy (non-hydrogen) atoms. The van der Waals surface area contributed by atoms with E-state index in [1.54, 1.807) is 30.3 Å². The smallest absolute Gasteiger partial charge is 0.241 e. The number of nitrogens with two attached hydrogens (primary N) is 1. The maximum Gasteiger partial charge on any atom is 0.241 e. The van der Waals surface area contributed by atoms with Crippen molar-refractivity contribution in [2.45, 2.75) is 17.9 Å². The van der Waals surface area contributed by atoms with Gasteiger partial charge < -0.3 is 10.6 Å². The molecule has 1 unspecified atom stereocenters. The summed E-state index contributed by atoms with van der Waals surface area (Å²) >= 11 is 0. The van der Waals surface area contributed by atoms with Gasteiger partial charge in [-0.2, -0.15) is 0 Å². The fraction of sp³-hybridized carbons (Fsp3) is 0.333. The molecule has 0 aliphatic rings. The molecule has 0 saturated carbocycles. The van der Waals surface area contributed by atoms with E-state index in [4.69, 9.17) is 5.73 Å². The number of sulfonamides is 1. The van der Waals surface area contributed by atoms with Crippen molar-refractivity contribution in [3.8, 4) is 0 Å². The number of hydrogen-bond donors (Lipinski definition) is 2. The minimum Gasteiger partial charge on any atom is -0.399 e. The van der Waals surface area contributed by atoms with Crippen LogP contribution < -0.4 is 10.5 Å². The topological polar surface area (TPSA) is 75.4 Å². The van der Waals surface area contributed by atoms with Gasteiger partial charge in [-0.15, -0.1) is 0 Å². The number of benzene rings is 2. The van der Waals surface area contributed by atoms with Crippen LogP contribution in [0.15, 0.2) is 41.3 Å². The zero-order valence-corrected chi connectivity index (χ0v) is 13.3. The molecule has 0 saturated heterocycles. The Bertz CT molecular complexity index is 742. The molecular weight excluding hydrogens is 286 g/mol. The molecule has 5 nitrogen and oxygen atoms in total. The van der Waals surface area contributed by atoms with Gasteiger partial charge in [0.05, 0.1) is 4.90 Å². The Morgan fingerprint density at radius 2 is 1.95 bits per heavy atom. The van der Waals surface area contributed by atoms with Crippen molar-refractivity contribution in [1.82, 2.24) is 9.62 Å². The molecule has 6 heteroatoms. The minimum atomic E-state index is -3.56. The average molecular weight is 307 g/mol. The maximum atomic E-state index is 12.6. The fourth-order valence-corrected chi connectivity index (χ4v) is 3.88. The molecule has 1 atom stereocenters. The van der Waals surface area contributed by atoms with Gasteiger partial charge >= 0.3 is 0 Å². The lowest BCUT2D eigenvalue weighted by Gasteiger charge is -2.19. The number of likely N-dealkylation sites (N-methyl/N-ethyl adjacent to an activating group) is 1. The standard InChI is InChI=1S/C15H21N3O2S/c1-11(10-18(2)3)17-21(19,20)15-6-4-5-12-9-13(16)7-8-14(12)15/h4-9,11,17H,10,16H2,1-3H3. The summed E-state index contributed by atoms with van der Waals surface area (Å²) in [5, 5.41) is 1.49. The van der Waals surface area contributed by atoms with E-state index in [0.29, 0.717) is 17.6 Å². The summed E-state index contributed by atoms with van der Waals surface area (Å²) in [5.41, 5.74) is 6.36. The molecule has 0 aliphatic heterocycles. The Balaban J connectivity index is 2.41. The SMILES string of the molecule is CC(CN(C)C)NS(=O)(=O)c1cccc2cc(N)ccc12. The number of nitrogens with one attached hydrogen (secondary N) is 1. The highest BCUT2D eigenvalue weighted by molar-refractivity contribution is 7.89. The minimum absolute atomic E-state index is 0.172. The van der Waals surface area contributed by atoms with E-state index in [2.05, 4.69) is 4.72 Å². The Morgan fingerprint density at radius 1 is 1.24 bits per heavy atom. The molecule has 2 aromatic rings. The zero-order valence-electron chi connectivity index (χ0n) is 12.5. The zero-order chi connectivity index (χ0) is 15.6. The normalized spacial score (nSPS) is 13.7. The van der Waals surface area contributed by atoms with Gasteiger partial charge in [-0.1, -0.05) is 18.2 Å². The summed E-state index contributed by atoms with van der Waals surface area (Å²) in [4.78, 5) is 2.22. The van der Waals surface area contributed by atoms with Crippen molar-refractivity contribution in [2.24, 2.45) is 0 Å². The fourth-order valence-electron chi connectivity index (χ4n) is 2.42. The van der Waals surface area contributed by atoms with Crippen LogP contribution in [0.1, 0.15) is 6.92 Å². The van der Waals surface area contributed by atoms with Crippen LogP contribution in [0.25, 0.3) is 10.8 Å². The van der Waals surface area contributed by atoms with Crippen molar-refractivity contribution in [3.05, 3.63) is 36.4 Å². The van der Waals surface area contributed by atoms with Gasteiger partial charge in [0.1, 0.15) is 0 Å².